The molecular formula is C10H19N3S. The maximum absolute atomic E-state index is 5.69. The lowest BCUT2D eigenvalue weighted by atomic mass is 10.0. The van der Waals surface area contributed by atoms with E-state index in [-0.39, 0.29) is 0 Å². The number of aromatic nitrogens is 1. The van der Waals surface area contributed by atoms with Crippen LogP contribution in [0.3, 0.4) is 0 Å². The predicted molar refractivity (Wildman–Crippen MR) is 62.8 cm³/mol. The molecular weight excluding hydrogens is 194 g/mol. The van der Waals surface area contributed by atoms with Gasteiger partial charge in [0.1, 0.15) is 0 Å². The summed E-state index contributed by atoms with van der Waals surface area (Å²) in [6, 6.07) is 0.348. The van der Waals surface area contributed by atoms with E-state index >= 15 is 0 Å². The number of aryl methyl sites for hydroxylation is 1. The zero-order valence-electron chi connectivity index (χ0n) is 9.08. The lowest BCUT2D eigenvalue weighted by Gasteiger charge is -2.17. The van der Waals surface area contributed by atoms with Crippen molar-refractivity contribution in [1.82, 2.24) is 4.98 Å². The Morgan fingerprint density at radius 2 is 2.29 bits per heavy atom. The fourth-order valence-electron chi connectivity index (χ4n) is 1.38. The van der Waals surface area contributed by atoms with Crippen LogP contribution in [0, 0.1) is 12.8 Å². The van der Waals surface area contributed by atoms with E-state index in [9.17, 15) is 0 Å². The van der Waals surface area contributed by atoms with Gasteiger partial charge in [-0.25, -0.2) is 4.98 Å². The number of nitrogens with two attached hydrogens (primary N) is 1. The Bertz CT molecular complexity index is 270. The molecule has 1 rings (SSSR count). The molecule has 1 atom stereocenters. The van der Waals surface area contributed by atoms with Crippen LogP contribution in [0.2, 0.25) is 0 Å². The van der Waals surface area contributed by atoms with Crippen molar-refractivity contribution in [2.75, 3.05) is 11.9 Å². The summed E-state index contributed by atoms with van der Waals surface area (Å²) in [4.78, 5) is 4.36. The van der Waals surface area contributed by atoms with E-state index in [1.54, 1.807) is 11.3 Å². The topological polar surface area (TPSA) is 50.9 Å². The molecule has 0 aliphatic rings. The van der Waals surface area contributed by atoms with Gasteiger partial charge in [-0.05, 0) is 19.3 Å². The van der Waals surface area contributed by atoms with Crippen molar-refractivity contribution < 1.29 is 0 Å². The number of thiazole rings is 1. The molecule has 1 unspecified atom stereocenters. The minimum atomic E-state index is 0.348. The molecule has 80 valence electrons. The maximum Gasteiger partial charge on any atom is 0.183 e. The van der Waals surface area contributed by atoms with Crippen LogP contribution in [0.5, 0.6) is 0 Å². The Balaban J connectivity index is 2.48. The highest BCUT2D eigenvalue weighted by Gasteiger charge is 2.10. The van der Waals surface area contributed by atoms with Gasteiger partial charge in [0.05, 0.1) is 5.69 Å². The van der Waals surface area contributed by atoms with Gasteiger partial charge in [-0.15, -0.1) is 11.3 Å². The number of nitrogens with zero attached hydrogens (tertiary/aromatic N) is 1. The highest BCUT2D eigenvalue weighted by atomic mass is 32.1. The summed E-state index contributed by atoms with van der Waals surface area (Å²) in [7, 11) is 0. The normalized spacial score (nSPS) is 13.2. The average Bonchev–Trinajstić information content (AvgIpc) is 2.49. The van der Waals surface area contributed by atoms with Gasteiger partial charge in [0, 0.05) is 18.0 Å². The van der Waals surface area contributed by atoms with Gasteiger partial charge in [-0.2, -0.15) is 0 Å². The first kappa shape index (κ1) is 11.5. The molecule has 0 fully saturated rings. The van der Waals surface area contributed by atoms with Crippen molar-refractivity contribution in [3.8, 4) is 0 Å². The van der Waals surface area contributed by atoms with Crippen molar-refractivity contribution in [2.24, 2.45) is 11.7 Å². The van der Waals surface area contributed by atoms with E-state index in [1.165, 1.54) is 0 Å². The minimum absolute atomic E-state index is 0.348. The van der Waals surface area contributed by atoms with Gasteiger partial charge in [0.2, 0.25) is 0 Å². The Kier molecular flexibility index (Phi) is 4.35. The van der Waals surface area contributed by atoms with Crippen molar-refractivity contribution in [3.05, 3.63) is 11.1 Å². The van der Waals surface area contributed by atoms with Gasteiger partial charge in [-0.1, -0.05) is 13.8 Å². The molecule has 0 saturated heterocycles. The van der Waals surface area contributed by atoms with Gasteiger partial charge in [-0.3, -0.25) is 0 Å². The SMILES string of the molecule is Cc1csc(NC(CN)CC(C)C)n1. The standard InChI is InChI=1S/C10H19N3S/c1-7(2)4-9(5-11)13-10-12-8(3)6-14-10/h6-7,9H,4-5,11H2,1-3H3,(H,12,13). The Labute approximate surface area is 89.7 Å². The highest BCUT2D eigenvalue weighted by Crippen LogP contribution is 2.17. The van der Waals surface area contributed by atoms with E-state index in [1.807, 2.05) is 12.3 Å². The highest BCUT2D eigenvalue weighted by molar-refractivity contribution is 7.13. The van der Waals surface area contributed by atoms with E-state index in [4.69, 9.17) is 5.73 Å². The number of nitrogens with one attached hydrogen (secondary N) is 1. The third-order valence-electron chi connectivity index (χ3n) is 1.99. The van der Waals surface area contributed by atoms with Crippen molar-refractivity contribution in [3.63, 3.8) is 0 Å². The van der Waals surface area contributed by atoms with Crippen molar-refractivity contribution >= 4 is 16.5 Å². The Morgan fingerprint density at radius 3 is 2.71 bits per heavy atom. The predicted octanol–water partition coefficient (Wildman–Crippen LogP) is 2.24. The molecule has 0 aliphatic carbocycles. The summed E-state index contributed by atoms with van der Waals surface area (Å²) in [5.41, 5.74) is 6.76. The van der Waals surface area contributed by atoms with E-state index in [2.05, 4.69) is 24.1 Å². The van der Waals surface area contributed by atoms with Crippen molar-refractivity contribution in [1.29, 1.82) is 0 Å². The van der Waals surface area contributed by atoms with E-state index < -0.39 is 0 Å². The summed E-state index contributed by atoms with van der Waals surface area (Å²) < 4.78 is 0. The van der Waals surface area contributed by atoms with Crippen LogP contribution in [-0.2, 0) is 0 Å². The lowest BCUT2D eigenvalue weighted by molar-refractivity contribution is 0.521. The number of hydrogen-bond donors (Lipinski definition) is 2. The fraction of sp³-hybridized carbons (Fsp3) is 0.700. The molecule has 1 aromatic rings. The largest absolute Gasteiger partial charge is 0.358 e. The van der Waals surface area contributed by atoms with Gasteiger partial charge in [0.15, 0.2) is 5.13 Å². The Morgan fingerprint density at radius 1 is 1.57 bits per heavy atom. The first-order valence-corrected chi connectivity index (χ1v) is 5.88. The summed E-state index contributed by atoms with van der Waals surface area (Å²) in [5.74, 6) is 0.664. The zero-order valence-corrected chi connectivity index (χ0v) is 9.90. The van der Waals surface area contributed by atoms with E-state index in [0.29, 0.717) is 18.5 Å². The summed E-state index contributed by atoms with van der Waals surface area (Å²) in [6.07, 6.45) is 1.09. The minimum Gasteiger partial charge on any atom is -0.358 e. The van der Waals surface area contributed by atoms with Gasteiger partial charge < -0.3 is 11.1 Å². The van der Waals surface area contributed by atoms with E-state index in [0.717, 1.165) is 17.2 Å². The zero-order chi connectivity index (χ0) is 10.6. The molecule has 0 spiro atoms. The van der Waals surface area contributed by atoms with Crippen LogP contribution in [0.4, 0.5) is 5.13 Å². The molecule has 0 radical (unpaired) electrons. The van der Waals surface area contributed by atoms with Crippen molar-refractivity contribution in [2.45, 2.75) is 33.2 Å². The van der Waals surface area contributed by atoms with Crippen LogP contribution in [-0.4, -0.2) is 17.6 Å². The fourth-order valence-corrected chi connectivity index (χ4v) is 2.14. The quantitative estimate of drug-likeness (QED) is 0.788. The summed E-state index contributed by atoms with van der Waals surface area (Å²) in [6.45, 7) is 7.08. The second-order valence-corrected chi connectivity index (χ2v) is 4.86. The molecule has 3 nitrogen and oxygen atoms in total. The molecule has 0 aliphatic heterocycles. The molecule has 0 amide bonds. The third kappa shape index (κ3) is 3.64. The summed E-state index contributed by atoms with van der Waals surface area (Å²) >= 11 is 1.64. The molecule has 1 heterocycles. The maximum atomic E-state index is 5.69. The molecule has 3 N–H and O–H groups in total. The lowest BCUT2D eigenvalue weighted by Crippen LogP contribution is -2.30. The molecule has 1 aromatic heterocycles. The van der Waals surface area contributed by atoms with Crippen LogP contribution in [0.25, 0.3) is 0 Å². The van der Waals surface area contributed by atoms with Crippen LogP contribution >= 0.6 is 11.3 Å². The second kappa shape index (κ2) is 5.32. The molecule has 0 saturated carbocycles. The molecule has 4 heteroatoms. The number of hydrogen-bond acceptors (Lipinski definition) is 4. The van der Waals surface area contributed by atoms with Crippen LogP contribution in [0.15, 0.2) is 5.38 Å². The molecule has 14 heavy (non-hydrogen) atoms. The third-order valence-corrected chi connectivity index (χ3v) is 2.88. The van der Waals surface area contributed by atoms with Crippen LogP contribution in [0.1, 0.15) is 26.0 Å². The molecule has 0 bridgehead atoms. The molecule has 0 aromatic carbocycles. The van der Waals surface area contributed by atoms with Gasteiger partial charge >= 0.3 is 0 Å². The first-order chi connectivity index (χ1) is 6.61. The van der Waals surface area contributed by atoms with Gasteiger partial charge in [0.25, 0.3) is 0 Å². The average molecular weight is 213 g/mol. The van der Waals surface area contributed by atoms with Crippen LogP contribution < -0.4 is 11.1 Å². The number of anilines is 1. The first-order valence-electron chi connectivity index (χ1n) is 5.00. The summed E-state index contributed by atoms with van der Waals surface area (Å²) in [5, 5.41) is 6.39. The Hall–Kier alpha value is -0.610. The monoisotopic (exact) mass is 213 g/mol. The second-order valence-electron chi connectivity index (χ2n) is 4.00. The smallest absolute Gasteiger partial charge is 0.183 e. The number of rotatable bonds is 5.